The number of carbonyl (C=O) groups excluding carboxylic acids is 1. The molecule has 5 nitrogen and oxygen atoms in total. The van der Waals surface area contributed by atoms with Crippen LogP contribution in [0.25, 0.3) is 0 Å². The first-order valence-corrected chi connectivity index (χ1v) is 11.0. The van der Waals surface area contributed by atoms with Crippen LogP contribution in [-0.2, 0) is 21.4 Å². The number of hydrogen-bond donors (Lipinski definition) is 1. The standard InChI is InChI=1S/C21H27FN2O3S/c1-5-20(17-11-10-15(2)16(3)12-17)23-21(25)14-24(28(4,26)27)13-18-8-6-7-9-19(18)22/h6-12,20H,5,13-14H2,1-4H3,(H,23,25)/t20-/m0/s1. The first kappa shape index (κ1) is 22.0. The summed E-state index contributed by atoms with van der Waals surface area (Å²) in [7, 11) is -3.69. The van der Waals surface area contributed by atoms with Crippen LogP contribution >= 0.6 is 0 Å². The third-order valence-corrected chi connectivity index (χ3v) is 5.97. The highest BCUT2D eigenvalue weighted by Gasteiger charge is 2.23. The van der Waals surface area contributed by atoms with E-state index in [0.29, 0.717) is 6.42 Å². The lowest BCUT2D eigenvalue weighted by Gasteiger charge is -2.23. The smallest absolute Gasteiger partial charge is 0.235 e. The molecular formula is C21H27FN2O3S. The molecule has 2 aromatic rings. The number of rotatable bonds is 8. The fraction of sp³-hybridized carbons (Fsp3) is 0.381. The molecule has 0 radical (unpaired) electrons. The van der Waals surface area contributed by atoms with E-state index in [-0.39, 0.29) is 24.7 Å². The van der Waals surface area contributed by atoms with E-state index in [0.717, 1.165) is 27.3 Å². The number of sulfonamides is 1. The quantitative estimate of drug-likeness (QED) is 0.730. The Balaban J connectivity index is 2.14. The van der Waals surface area contributed by atoms with Crippen molar-refractivity contribution in [2.24, 2.45) is 0 Å². The van der Waals surface area contributed by atoms with Gasteiger partial charge >= 0.3 is 0 Å². The largest absolute Gasteiger partial charge is 0.348 e. The second kappa shape index (κ2) is 9.30. The van der Waals surface area contributed by atoms with E-state index in [1.54, 1.807) is 6.07 Å². The van der Waals surface area contributed by atoms with Crippen molar-refractivity contribution in [3.8, 4) is 0 Å². The molecule has 0 aromatic heterocycles. The molecule has 2 rings (SSSR count). The van der Waals surface area contributed by atoms with Crippen LogP contribution < -0.4 is 5.32 Å². The molecule has 2 aromatic carbocycles. The van der Waals surface area contributed by atoms with Gasteiger partial charge in [-0.25, -0.2) is 12.8 Å². The number of carbonyl (C=O) groups is 1. The number of nitrogens with one attached hydrogen (secondary N) is 1. The Hall–Kier alpha value is -2.25. The molecule has 0 spiro atoms. The van der Waals surface area contributed by atoms with Gasteiger partial charge in [0.05, 0.1) is 18.8 Å². The predicted octanol–water partition coefficient (Wildman–Crippen LogP) is 3.47. The van der Waals surface area contributed by atoms with Crippen molar-refractivity contribution in [1.82, 2.24) is 9.62 Å². The molecule has 0 aliphatic heterocycles. The van der Waals surface area contributed by atoms with Gasteiger partial charge in [-0.2, -0.15) is 4.31 Å². The van der Waals surface area contributed by atoms with Crippen molar-refractivity contribution in [2.75, 3.05) is 12.8 Å². The van der Waals surface area contributed by atoms with Crippen LogP contribution in [0.1, 0.15) is 41.6 Å². The lowest BCUT2D eigenvalue weighted by Crippen LogP contribution is -2.41. The maximum Gasteiger partial charge on any atom is 0.235 e. The Kier molecular flexibility index (Phi) is 7.32. The minimum atomic E-state index is -3.69. The number of halogens is 1. The zero-order chi connectivity index (χ0) is 20.9. The molecule has 0 aliphatic carbocycles. The van der Waals surface area contributed by atoms with Gasteiger partial charge in [0, 0.05) is 12.1 Å². The number of benzene rings is 2. The molecule has 0 aliphatic rings. The zero-order valence-corrected chi connectivity index (χ0v) is 17.5. The summed E-state index contributed by atoms with van der Waals surface area (Å²) in [5.74, 6) is -0.926. The summed E-state index contributed by atoms with van der Waals surface area (Å²) in [4.78, 5) is 12.6. The molecule has 7 heteroatoms. The van der Waals surface area contributed by atoms with Crippen LogP contribution in [0.15, 0.2) is 42.5 Å². The minimum absolute atomic E-state index is 0.195. The third-order valence-electron chi connectivity index (χ3n) is 4.77. The van der Waals surface area contributed by atoms with Crippen molar-refractivity contribution in [1.29, 1.82) is 0 Å². The molecule has 0 unspecified atom stereocenters. The molecule has 0 fully saturated rings. The fourth-order valence-electron chi connectivity index (χ4n) is 2.91. The molecule has 0 heterocycles. The fourth-order valence-corrected chi connectivity index (χ4v) is 3.63. The molecule has 0 bridgehead atoms. The van der Waals surface area contributed by atoms with E-state index in [9.17, 15) is 17.6 Å². The molecular weight excluding hydrogens is 379 g/mol. The normalized spacial score (nSPS) is 12.8. The molecule has 1 amide bonds. The highest BCUT2D eigenvalue weighted by Crippen LogP contribution is 2.20. The Morgan fingerprint density at radius 1 is 1.14 bits per heavy atom. The van der Waals surface area contributed by atoms with Gasteiger partial charge in [0.2, 0.25) is 15.9 Å². The molecule has 152 valence electrons. The Labute approximate surface area is 166 Å². The SMILES string of the molecule is CC[C@H](NC(=O)CN(Cc1ccccc1F)S(C)(=O)=O)c1ccc(C)c(C)c1. The summed E-state index contributed by atoms with van der Waals surface area (Å²) in [6, 6.07) is 11.7. The molecule has 0 saturated carbocycles. The van der Waals surface area contributed by atoms with Gasteiger partial charge in [0.15, 0.2) is 0 Å². The number of nitrogens with zero attached hydrogens (tertiary/aromatic N) is 1. The maximum absolute atomic E-state index is 13.9. The highest BCUT2D eigenvalue weighted by molar-refractivity contribution is 7.88. The topological polar surface area (TPSA) is 66.5 Å². The van der Waals surface area contributed by atoms with Gasteiger partial charge in [-0.3, -0.25) is 4.79 Å². The summed E-state index contributed by atoms with van der Waals surface area (Å²) in [6.07, 6.45) is 1.68. The van der Waals surface area contributed by atoms with Crippen LogP contribution in [0.4, 0.5) is 4.39 Å². The van der Waals surface area contributed by atoms with E-state index < -0.39 is 21.7 Å². The average Bonchev–Trinajstić information content (AvgIpc) is 2.62. The maximum atomic E-state index is 13.9. The molecule has 1 N–H and O–H groups in total. The summed E-state index contributed by atoms with van der Waals surface area (Å²) in [5.41, 5.74) is 3.49. The van der Waals surface area contributed by atoms with Crippen molar-refractivity contribution in [3.05, 3.63) is 70.5 Å². The second-order valence-electron chi connectivity index (χ2n) is 6.99. The molecule has 0 saturated heterocycles. The van der Waals surface area contributed by atoms with Gasteiger partial charge < -0.3 is 5.32 Å². The highest BCUT2D eigenvalue weighted by atomic mass is 32.2. The van der Waals surface area contributed by atoms with Crippen LogP contribution in [0, 0.1) is 19.7 Å². The predicted molar refractivity (Wildman–Crippen MR) is 109 cm³/mol. The van der Waals surface area contributed by atoms with Gasteiger partial charge in [0.25, 0.3) is 0 Å². The first-order chi connectivity index (χ1) is 13.1. The number of aryl methyl sites for hydroxylation is 2. The zero-order valence-electron chi connectivity index (χ0n) is 16.7. The van der Waals surface area contributed by atoms with Crippen molar-refractivity contribution in [2.45, 2.75) is 39.8 Å². The van der Waals surface area contributed by atoms with Gasteiger partial charge in [0.1, 0.15) is 5.82 Å². The van der Waals surface area contributed by atoms with Crippen LogP contribution in [0.2, 0.25) is 0 Å². The summed E-state index contributed by atoms with van der Waals surface area (Å²) >= 11 is 0. The van der Waals surface area contributed by atoms with E-state index in [4.69, 9.17) is 0 Å². The van der Waals surface area contributed by atoms with Crippen LogP contribution in [0.5, 0.6) is 0 Å². The minimum Gasteiger partial charge on any atom is -0.348 e. The molecule has 28 heavy (non-hydrogen) atoms. The van der Waals surface area contributed by atoms with E-state index >= 15 is 0 Å². The Bertz CT molecular complexity index is 944. The van der Waals surface area contributed by atoms with Gasteiger partial charge in [-0.1, -0.05) is 43.3 Å². The third kappa shape index (κ3) is 5.87. The lowest BCUT2D eigenvalue weighted by molar-refractivity contribution is -0.122. The van der Waals surface area contributed by atoms with E-state index in [1.807, 2.05) is 39.0 Å². The number of hydrogen-bond acceptors (Lipinski definition) is 3. The van der Waals surface area contributed by atoms with E-state index in [1.165, 1.54) is 18.2 Å². The second-order valence-corrected chi connectivity index (χ2v) is 8.98. The number of amides is 1. The Morgan fingerprint density at radius 3 is 2.39 bits per heavy atom. The Morgan fingerprint density at radius 2 is 1.82 bits per heavy atom. The van der Waals surface area contributed by atoms with Crippen LogP contribution in [-0.4, -0.2) is 31.4 Å². The van der Waals surface area contributed by atoms with Crippen molar-refractivity contribution >= 4 is 15.9 Å². The summed E-state index contributed by atoms with van der Waals surface area (Å²) < 4.78 is 39.1. The molecule has 1 atom stereocenters. The van der Waals surface area contributed by atoms with Crippen molar-refractivity contribution in [3.63, 3.8) is 0 Å². The van der Waals surface area contributed by atoms with E-state index in [2.05, 4.69) is 5.32 Å². The monoisotopic (exact) mass is 406 g/mol. The first-order valence-electron chi connectivity index (χ1n) is 9.16. The summed E-state index contributed by atoms with van der Waals surface area (Å²) in [5, 5.41) is 2.89. The average molecular weight is 407 g/mol. The van der Waals surface area contributed by atoms with Crippen molar-refractivity contribution < 1.29 is 17.6 Å². The lowest BCUT2D eigenvalue weighted by atomic mass is 9.99. The summed E-state index contributed by atoms with van der Waals surface area (Å²) in [6.45, 7) is 5.42. The van der Waals surface area contributed by atoms with Crippen LogP contribution in [0.3, 0.4) is 0 Å². The van der Waals surface area contributed by atoms with Gasteiger partial charge in [-0.05, 0) is 43.0 Å². The van der Waals surface area contributed by atoms with Gasteiger partial charge in [-0.15, -0.1) is 0 Å².